The van der Waals surface area contributed by atoms with E-state index in [1.807, 2.05) is 6.92 Å². The summed E-state index contributed by atoms with van der Waals surface area (Å²) >= 11 is 6.08. The zero-order valence-corrected chi connectivity index (χ0v) is 14.0. The summed E-state index contributed by atoms with van der Waals surface area (Å²) in [5.74, 6) is -0.423. The Kier molecular flexibility index (Phi) is 3.95. The average molecular weight is 357 g/mol. The average Bonchev–Trinajstić information content (AvgIpc) is 3.15. The van der Waals surface area contributed by atoms with Crippen molar-refractivity contribution in [1.29, 1.82) is 0 Å². The normalized spacial score (nSPS) is 16.8. The molecule has 2 aromatic rings. The fourth-order valence-corrected chi connectivity index (χ4v) is 3.34. The van der Waals surface area contributed by atoms with Crippen LogP contribution in [-0.2, 0) is 13.6 Å². The first-order valence-electron chi connectivity index (χ1n) is 7.25. The van der Waals surface area contributed by atoms with Gasteiger partial charge in [-0.25, -0.2) is 4.68 Å². The second-order valence-electron chi connectivity index (χ2n) is 5.76. The Morgan fingerprint density at radius 1 is 1.46 bits per heavy atom. The van der Waals surface area contributed by atoms with E-state index in [-0.39, 0.29) is 28.7 Å². The first-order valence-corrected chi connectivity index (χ1v) is 7.63. The molecule has 0 bridgehead atoms. The number of aromatic nitrogens is 3. The van der Waals surface area contributed by atoms with E-state index in [1.54, 1.807) is 14.0 Å². The van der Waals surface area contributed by atoms with Crippen molar-refractivity contribution in [3.8, 4) is 0 Å². The van der Waals surface area contributed by atoms with Gasteiger partial charge in [-0.15, -0.1) is 0 Å². The van der Waals surface area contributed by atoms with Crippen molar-refractivity contribution in [2.75, 3.05) is 0 Å². The molecule has 6 nitrogen and oxygen atoms in total. The molecule has 1 atom stereocenters. The van der Waals surface area contributed by atoms with Gasteiger partial charge >= 0.3 is 6.55 Å². The van der Waals surface area contributed by atoms with Crippen molar-refractivity contribution < 1.29 is 13.6 Å². The molecule has 0 fully saturated rings. The molecule has 2 aromatic heterocycles. The summed E-state index contributed by atoms with van der Waals surface area (Å²) in [6, 6.07) is -0.327. The third-order valence-corrected chi connectivity index (χ3v) is 4.90. The maximum absolute atomic E-state index is 12.7. The Labute approximate surface area is 141 Å². The van der Waals surface area contributed by atoms with E-state index in [0.29, 0.717) is 15.9 Å². The number of amides is 1. The number of rotatable bonds is 2. The molecule has 0 aliphatic carbocycles. The number of fused-ring (bicyclic) bond motifs is 1. The lowest BCUT2D eigenvalue weighted by Crippen LogP contribution is -2.28. The molecular formula is C15H15ClF2N4O2. The van der Waals surface area contributed by atoms with Gasteiger partial charge in [-0.05, 0) is 19.4 Å². The molecule has 3 heterocycles. The number of alkyl halides is 2. The Hall–Kier alpha value is -2.22. The van der Waals surface area contributed by atoms with Crippen LogP contribution >= 0.6 is 11.6 Å². The van der Waals surface area contributed by atoms with E-state index < -0.39 is 12.5 Å². The quantitative estimate of drug-likeness (QED) is 0.831. The van der Waals surface area contributed by atoms with E-state index in [1.165, 1.54) is 9.47 Å². The van der Waals surface area contributed by atoms with Crippen LogP contribution in [0.1, 0.15) is 46.7 Å². The summed E-state index contributed by atoms with van der Waals surface area (Å²) in [5.41, 5.74) is 1.91. The fourth-order valence-electron chi connectivity index (χ4n) is 3.11. The van der Waals surface area contributed by atoms with E-state index in [0.717, 1.165) is 18.0 Å². The summed E-state index contributed by atoms with van der Waals surface area (Å²) in [6.45, 7) is 0.956. The first-order chi connectivity index (χ1) is 11.2. The van der Waals surface area contributed by atoms with Crippen molar-refractivity contribution in [2.45, 2.75) is 33.0 Å². The smallest absolute Gasteiger partial charge is 0.326 e. The van der Waals surface area contributed by atoms with Gasteiger partial charge in [0.15, 0.2) is 0 Å². The predicted octanol–water partition coefficient (Wildman–Crippen LogP) is 2.66. The molecule has 0 saturated carbocycles. The van der Waals surface area contributed by atoms with Crippen LogP contribution in [0.15, 0.2) is 17.2 Å². The second-order valence-corrected chi connectivity index (χ2v) is 6.14. The third kappa shape index (κ3) is 2.32. The summed E-state index contributed by atoms with van der Waals surface area (Å²) in [5, 5.41) is 3.62. The zero-order valence-electron chi connectivity index (χ0n) is 13.3. The summed E-state index contributed by atoms with van der Waals surface area (Å²) < 4.78 is 27.1. The third-order valence-electron chi connectivity index (χ3n) is 4.46. The lowest BCUT2D eigenvalue weighted by Gasteiger charge is -2.21. The molecule has 3 rings (SSSR count). The zero-order chi connectivity index (χ0) is 17.8. The van der Waals surface area contributed by atoms with Crippen molar-refractivity contribution in [3.63, 3.8) is 0 Å². The molecular weight excluding hydrogens is 342 g/mol. The largest absolute Gasteiger partial charge is 0.333 e. The predicted molar refractivity (Wildman–Crippen MR) is 83.2 cm³/mol. The summed E-state index contributed by atoms with van der Waals surface area (Å²) in [7, 11) is 1.60. The van der Waals surface area contributed by atoms with E-state index in [9.17, 15) is 18.4 Å². The van der Waals surface area contributed by atoms with Crippen LogP contribution in [-0.4, -0.2) is 25.2 Å². The number of halogens is 3. The SMILES string of the molecule is Cc1c2c(n(C)c(=O)c1Cl)CN(C(=O)c1cnn(C(F)F)c1)[C@@H]2C. The minimum Gasteiger partial charge on any atom is -0.326 e. The molecule has 0 saturated heterocycles. The van der Waals surface area contributed by atoms with Gasteiger partial charge in [0.2, 0.25) is 0 Å². The van der Waals surface area contributed by atoms with Crippen LogP contribution in [0.2, 0.25) is 5.02 Å². The van der Waals surface area contributed by atoms with Crippen LogP contribution in [0, 0.1) is 6.92 Å². The van der Waals surface area contributed by atoms with Crippen molar-refractivity contribution in [1.82, 2.24) is 19.2 Å². The molecule has 0 unspecified atom stereocenters. The van der Waals surface area contributed by atoms with Crippen LogP contribution in [0.4, 0.5) is 8.78 Å². The van der Waals surface area contributed by atoms with Crippen LogP contribution in [0.5, 0.6) is 0 Å². The number of hydrogen-bond acceptors (Lipinski definition) is 3. The van der Waals surface area contributed by atoms with Gasteiger partial charge in [0.1, 0.15) is 5.02 Å². The van der Waals surface area contributed by atoms with Crippen LogP contribution in [0.25, 0.3) is 0 Å². The van der Waals surface area contributed by atoms with Gasteiger partial charge in [0.05, 0.1) is 24.3 Å². The highest BCUT2D eigenvalue weighted by Crippen LogP contribution is 2.37. The lowest BCUT2D eigenvalue weighted by molar-refractivity contribution is 0.0563. The highest BCUT2D eigenvalue weighted by molar-refractivity contribution is 6.31. The monoisotopic (exact) mass is 356 g/mol. The lowest BCUT2D eigenvalue weighted by atomic mass is 10.0. The number of carbonyl (C=O) groups excluding carboxylic acids is 1. The van der Waals surface area contributed by atoms with Gasteiger partial charge in [0.25, 0.3) is 11.5 Å². The Morgan fingerprint density at radius 3 is 2.71 bits per heavy atom. The maximum Gasteiger partial charge on any atom is 0.333 e. The topological polar surface area (TPSA) is 60.1 Å². The molecule has 0 aromatic carbocycles. The van der Waals surface area contributed by atoms with Gasteiger partial charge in [-0.1, -0.05) is 11.6 Å². The van der Waals surface area contributed by atoms with Crippen LogP contribution in [0.3, 0.4) is 0 Å². The molecule has 0 N–H and O–H groups in total. The Balaban J connectivity index is 2.00. The molecule has 1 amide bonds. The molecule has 0 spiro atoms. The highest BCUT2D eigenvalue weighted by Gasteiger charge is 2.35. The summed E-state index contributed by atoms with van der Waals surface area (Å²) in [6.07, 6.45) is 2.13. The number of nitrogens with zero attached hydrogens (tertiary/aromatic N) is 4. The van der Waals surface area contributed by atoms with Gasteiger partial charge in [-0.3, -0.25) is 9.59 Å². The molecule has 0 radical (unpaired) electrons. The maximum atomic E-state index is 12.7. The minimum absolute atomic E-state index is 0.0729. The van der Waals surface area contributed by atoms with E-state index in [4.69, 9.17) is 11.6 Å². The van der Waals surface area contributed by atoms with Crippen molar-refractivity contribution >= 4 is 17.5 Å². The van der Waals surface area contributed by atoms with Crippen molar-refractivity contribution in [3.05, 3.63) is 50.2 Å². The number of carbonyl (C=O) groups is 1. The number of hydrogen-bond donors (Lipinski definition) is 0. The molecule has 128 valence electrons. The van der Waals surface area contributed by atoms with Crippen molar-refractivity contribution in [2.24, 2.45) is 7.05 Å². The molecule has 1 aliphatic rings. The number of pyridine rings is 1. The second kappa shape index (κ2) is 5.70. The fraction of sp³-hybridized carbons (Fsp3) is 0.400. The molecule has 9 heteroatoms. The minimum atomic E-state index is -2.80. The van der Waals surface area contributed by atoms with Gasteiger partial charge in [0, 0.05) is 24.5 Å². The van der Waals surface area contributed by atoms with E-state index >= 15 is 0 Å². The standard InChI is InChI=1S/C15H15ClF2N4O2/c1-7-11-8(2)21(6-10(11)20(3)14(24)12(7)16)13(23)9-4-19-22(5-9)15(17)18/h4-5,8,15H,6H2,1-3H3/t8-/m1/s1. The van der Waals surface area contributed by atoms with Gasteiger partial charge in [-0.2, -0.15) is 13.9 Å². The van der Waals surface area contributed by atoms with Crippen LogP contribution < -0.4 is 5.56 Å². The Bertz CT molecular complexity index is 890. The van der Waals surface area contributed by atoms with Gasteiger partial charge < -0.3 is 9.47 Å². The Morgan fingerprint density at radius 2 is 2.12 bits per heavy atom. The summed E-state index contributed by atoms with van der Waals surface area (Å²) in [4.78, 5) is 26.3. The van der Waals surface area contributed by atoms with E-state index in [2.05, 4.69) is 5.10 Å². The first kappa shape index (κ1) is 16.6. The molecule has 24 heavy (non-hydrogen) atoms. The molecule has 1 aliphatic heterocycles. The highest BCUT2D eigenvalue weighted by atomic mass is 35.5.